The Morgan fingerprint density at radius 3 is 1.29 bits per heavy atom. The van der Waals surface area contributed by atoms with E-state index in [1.807, 2.05) is 27.7 Å². The quantitative estimate of drug-likeness (QED) is 0.101. The van der Waals surface area contributed by atoms with E-state index in [1.165, 1.54) is 18.2 Å². The molecule has 12 rings (SSSR count). The number of amides is 3. The van der Waals surface area contributed by atoms with Crippen LogP contribution in [0.25, 0.3) is 34.9 Å². The zero-order valence-electron chi connectivity index (χ0n) is 44.6. The highest BCUT2D eigenvalue weighted by Gasteiger charge is 2.44. The number of nitrogens with one attached hydrogen (secondary N) is 3. The molecule has 3 amide bonds. The third-order valence-electron chi connectivity index (χ3n) is 13.9. The summed E-state index contributed by atoms with van der Waals surface area (Å²) in [6, 6.07) is 19.6. The summed E-state index contributed by atoms with van der Waals surface area (Å²) in [5, 5.41) is 21.5. The number of aryl methyl sites for hydroxylation is 3. The van der Waals surface area contributed by atoms with Crippen molar-refractivity contribution in [1.82, 2.24) is 74.2 Å². The van der Waals surface area contributed by atoms with Gasteiger partial charge in [-0.15, -0.1) is 15.3 Å². The Bertz CT molecular complexity index is 3810. The molecule has 3 aliphatic rings. The highest BCUT2D eigenvalue weighted by Crippen LogP contribution is 2.42. The van der Waals surface area contributed by atoms with Gasteiger partial charge in [-0.3, -0.25) is 14.4 Å². The van der Waals surface area contributed by atoms with Crippen molar-refractivity contribution in [3.05, 3.63) is 152 Å². The SMILES string of the molecule is Cc1nc(-c2nc(Br)c3c(n2)NC(=O)C3(C)C)nn1Cc1ccccc1F.Cc1nc(-c2nc(N)c3c(n2)NC(=O)C3(C)C)nn1Cc1ccccc1F.Cc1nc(-c2ncc3c(n2)NC(=O)C3(C)C)nn1Cc1ccccc1F. The maximum absolute atomic E-state index is 13.9. The summed E-state index contributed by atoms with van der Waals surface area (Å²) in [7, 11) is 0. The van der Waals surface area contributed by atoms with Gasteiger partial charge in [0, 0.05) is 34.0 Å². The molecule has 0 radical (unpaired) electrons. The van der Waals surface area contributed by atoms with E-state index in [9.17, 15) is 27.6 Å². The lowest BCUT2D eigenvalue weighted by atomic mass is 9.87. The summed E-state index contributed by atoms with van der Waals surface area (Å²) in [5.74, 6) is 3.70. The molecule has 5 N–H and O–H groups in total. The predicted molar refractivity (Wildman–Crippen MR) is 291 cm³/mol. The molecule has 9 aromatic rings. The third-order valence-corrected chi connectivity index (χ3v) is 14.5. The van der Waals surface area contributed by atoms with Crippen LogP contribution in [0.1, 0.15) is 92.4 Å². The van der Waals surface area contributed by atoms with Gasteiger partial charge in [-0.2, -0.15) is 0 Å². The van der Waals surface area contributed by atoms with Crippen LogP contribution in [-0.2, 0) is 50.3 Å². The van der Waals surface area contributed by atoms with Crippen LogP contribution in [-0.4, -0.2) is 91.9 Å². The third kappa shape index (κ3) is 10.1. The molecule has 0 aliphatic carbocycles. The number of hydrogen-bond acceptors (Lipinski definition) is 16. The molecule has 22 nitrogen and oxygen atoms in total. The molecule has 3 aliphatic heterocycles. The molecule has 0 unspecified atom stereocenters. The number of hydrogen-bond donors (Lipinski definition) is 4. The maximum Gasteiger partial charge on any atom is 0.235 e. The fraction of sp³-hybridized carbons (Fsp3) is 0.278. The van der Waals surface area contributed by atoms with Gasteiger partial charge in [-0.05, 0) is 96.4 Å². The summed E-state index contributed by atoms with van der Waals surface area (Å²) in [6.07, 6.45) is 1.63. The highest BCUT2D eigenvalue weighted by molar-refractivity contribution is 9.10. The molecule has 26 heteroatoms. The Morgan fingerprint density at radius 1 is 0.475 bits per heavy atom. The first-order chi connectivity index (χ1) is 37.9. The van der Waals surface area contributed by atoms with Crippen molar-refractivity contribution in [3.63, 3.8) is 0 Å². The molecular weight excluding hydrogens is 1100 g/mol. The molecule has 9 heterocycles. The average Bonchev–Trinajstić information content (AvgIpc) is 4.38. The van der Waals surface area contributed by atoms with Crippen molar-refractivity contribution in [3.8, 4) is 34.9 Å². The molecular formula is C54H51BrF3N19O3. The van der Waals surface area contributed by atoms with Gasteiger partial charge in [0.25, 0.3) is 0 Å². The second-order valence-electron chi connectivity index (χ2n) is 20.6. The van der Waals surface area contributed by atoms with Crippen LogP contribution < -0.4 is 21.7 Å². The molecule has 0 spiro atoms. The zero-order chi connectivity index (χ0) is 57.2. The molecule has 0 atom stereocenters. The number of anilines is 4. The molecule has 408 valence electrons. The summed E-state index contributed by atoms with van der Waals surface area (Å²) >= 11 is 3.43. The number of nitrogens with two attached hydrogens (primary N) is 1. The van der Waals surface area contributed by atoms with Gasteiger partial charge in [0.1, 0.15) is 62.8 Å². The van der Waals surface area contributed by atoms with E-state index in [0.717, 1.165) is 5.56 Å². The molecule has 0 saturated carbocycles. The Morgan fingerprint density at radius 2 is 0.838 bits per heavy atom. The van der Waals surface area contributed by atoms with Crippen LogP contribution in [0.15, 0.2) is 83.6 Å². The van der Waals surface area contributed by atoms with Crippen molar-refractivity contribution in [2.75, 3.05) is 21.7 Å². The number of rotatable bonds is 9. The number of halogens is 4. The summed E-state index contributed by atoms with van der Waals surface area (Å²) in [5.41, 5.74) is 7.45. The van der Waals surface area contributed by atoms with E-state index in [-0.39, 0.29) is 78.1 Å². The number of fused-ring (bicyclic) bond motifs is 3. The van der Waals surface area contributed by atoms with Crippen LogP contribution in [0.4, 0.5) is 36.4 Å². The summed E-state index contributed by atoms with van der Waals surface area (Å²) in [4.78, 5) is 75.7. The molecule has 6 aromatic heterocycles. The van der Waals surface area contributed by atoms with Gasteiger partial charge in [0.15, 0.2) is 0 Å². The van der Waals surface area contributed by atoms with Crippen LogP contribution in [0.5, 0.6) is 0 Å². The lowest BCUT2D eigenvalue weighted by Crippen LogP contribution is -2.27. The fourth-order valence-corrected chi connectivity index (χ4v) is 9.85. The van der Waals surface area contributed by atoms with Gasteiger partial charge >= 0.3 is 0 Å². The van der Waals surface area contributed by atoms with Crippen LogP contribution >= 0.6 is 15.9 Å². The standard InChI is InChI=1S/C18H16BrFN6O.C18H18FN7O.C18H17FN6O/c1-9-21-16(25-26(9)8-10-6-4-5-7-11(10)20)15-22-13(19)12-14(23-15)24-17(27)18(12,2)3;1-9-21-16(25-26(9)8-10-6-4-5-7-11(10)19)15-22-13(20)12-14(23-15)24-17(27)18(12,2)3;1-10-21-16(24-25(10)9-11-6-4-5-7-13(11)19)15-20-8-12-14(22-15)23-17(26)18(12,2)3/h4-7H,8H2,1-3H3,(H,22,23,24,27);4-7H,8H2,1-3H3,(H3,20,22,23,24,27);4-8H,9H2,1-3H3,(H,20,22,23,26). The van der Waals surface area contributed by atoms with E-state index < -0.39 is 16.2 Å². The normalized spacial score (nSPS) is 14.9. The maximum atomic E-state index is 13.9. The van der Waals surface area contributed by atoms with Gasteiger partial charge < -0.3 is 21.7 Å². The second-order valence-corrected chi connectivity index (χ2v) is 21.4. The Kier molecular flexibility index (Phi) is 13.9. The van der Waals surface area contributed by atoms with Gasteiger partial charge in [0.2, 0.25) is 52.7 Å². The van der Waals surface area contributed by atoms with E-state index in [0.29, 0.717) is 84.8 Å². The fourth-order valence-electron chi connectivity index (χ4n) is 9.00. The average molecular weight is 1150 g/mol. The van der Waals surface area contributed by atoms with Crippen molar-refractivity contribution < 1.29 is 27.6 Å². The van der Waals surface area contributed by atoms with E-state index in [2.05, 4.69) is 92.0 Å². The molecule has 0 saturated heterocycles. The Hall–Kier alpha value is -9.20. The lowest BCUT2D eigenvalue weighted by molar-refractivity contribution is -0.120. The Labute approximate surface area is 463 Å². The number of carbonyl (C=O) groups excluding carboxylic acids is 3. The lowest BCUT2D eigenvalue weighted by Gasteiger charge is -2.15. The van der Waals surface area contributed by atoms with Crippen LogP contribution in [0.3, 0.4) is 0 Å². The minimum atomic E-state index is -0.800. The van der Waals surface area contributed by atoms with Crippen molar-refractivity contribution in [2.45, 2.75) is 98.2 Å². The predicted octanol–water partition coefficient (Wildman–Crippen LogP) is 7.73. The van der Waals surface area contributed by atoms with Crippen LogP contribution in [0, 0.1) is 38.2 Å². The first-order valence-corrected chi connectivity index (χ1v) is 25.7. The molecule has 0 bridgehead atoms. The minimum absolute atomic E-state index is 0.117. The highest BCUT2D eigenvalue weighted by atomic mass is 79.9. The van der Waals surface area contributed by atoms with Crippen molar-refractivity contribution in [2.24, 2.45) is 0 Å². The number of benzene rings is 3. The Balaban J connectivity index is 0.000000135. The van der Waals surface area contributed by atoms with E-state index in [1.54, 1.807) is 109 Å². The monoisotopic (exact) mass is 1150 g/mol. The smallest absolute Gasteiger partial charge is 0.235 e. The second kappa shape index (κ2) is 20.5. The van der Waals surface area contributed by atoms with Gasteiger partial charge in [0.05, 0.1) is 41.4 Å². The zero-order valence-corrected chi connectivity index (χ0v) is 46.2. The molecule has 3 aromatic carbocycles. The number of aromatic nitrogens is 15. The van der Waals surface area contributed by atoms with Crippen LogP contribution in [0.2, 0.25) is 0 Å². The van der Waals surface area contributed by atoms with Gasteiger partial charge in [-0.25, -0.2) is 72.1 Å². The number of carbonyl (C=O) groups is 3. The molecule has 80 heavy (non-hydrogen) atoms. The topological polar surface area (TPSA) is 283 Å². The van der Waals surface area contributed by atoms with E-state index >= 15 is 0 Å². The summed E-state index contributed by atoms with van der Waals surface area (Å²) in [6.45, 7) is 16.9. The largest absolute Gasteiger partial charge is 0.383 e. The minimum Gasteiger partial charge on any atom is -0.383 e. The first-order valence-electron chi connectivity index (χ1n) is 24.9. The van der Waals surface area contributed by atoms with Crippen molar-refractivity contribution in [1.29, 1.82) is 0 Å². The molecule has 0 fully saturated rings. The van der Waals surface area contributed by atoms with Gasteiger partial charge in [-0.1, -0.05) is 54.6 Å². The number of nitrogen functional groups attached to an aromatic ring is 1. The van der Waals surface area contributed by atoms with E-state index in [4.69, 9.17) is 5.73 Å². The summed E-state index contributed by atoms with van der Waals surface area (Å²) < 4.78 is 47.0. The number of nitrogens with zero attached hydrogens (tertiary/aromatic N) is 15. The van der Waals surface area contributed by atoms with Crippen molar-refractivity contribution >= 4 is 56.9 Å². The first kappa shape index (κ1) is 54.2.